The fraction of sp³-hybridized carbons (Fsp3) is 0.478. The molecule has 0 radical (unpaired) electrons. The van der Waals surface area contributed by atoms with Crippen LogP contribution in [0.5, 0.6) is 0 Å². The van der Waals surface area contributed by atoms with Crippen LogP contribution in [0.3, 0.4) is 0 Å². The van der Waals surface area contributed by atoms with Gasteiger partial charge >= 0.3 is 0 Å². The summed E-state index contributed by atoms with van der Waals surface area (Å²) in [5.74, 6) is 0. The molecule has 1 heterocycles. The molecule has 2 aromatic rings. The molecule has 0 N–H and O–H groups in total. The summed E-state index contributed by atoms with van der Waals surface area (Å²) < 4.78 is 0. The molecule has 1 nitrogen and oxygen atoms in total. The number of benzene rings is 2. The van der Waals surface area contributed by atoms with Gasteiger partial charge in [-0.15, -0.1) is 0 Å². The van der Waals surface area contributed by atoms with Crippen molar-refractivity contribution in [2.24, 2.45) is 0 Å². The second-order valence-electron chi connectivity index (χ2n) is 7.88. The van der Waals surface area contributed by atoms with Crippen LogP contribution >= 0.6 is 0 Å². The van der Waals surface area contributed by atoms with Crippen LogP contribution in [-0.2, 0) is 12.8 Å². The lowest BCUT2D eigenvalue weighted by Gasteiger charge is -2.35. The molecule has 24 heavy (non-hydrogen) atoms. The summed E-state index contributed by atoms with van der Waals surface area (Å²) >= 11 is 0. The lowest BCUT2D eigenvalue weighted by Crippen LogP contribution is -2.41. The normalized spacial score (nSPS) is 24.1. The van der Waals surface area contributed by atoms with Gasteiger partial charge in [0.1, 0.15) is 0 Å². The van der Waals surface area contributed by atoms with Crippen molar-refractivity contribution in [1.82, 2.24) is 4.90 Å². The molecule has 0 spiro atoms. The van der Waals surface area contributed by atoms with E-state index in [4.69, 9.17) is 0 Å². The van der Waals surface area contributed by atoms with Gasteiger partial charge in [-0.05, 0) is 92.8 Å². The Morgan fingerprint density at radius 2 is 1.75 bits per heavy atom. The zero-order chi connectivity index (χ0) is 16.7. The SMILES string of the molecule is Cc1cccc(C)c1-c1ccc2c(c1)CCC(N1CCCC1C)C2. The molecule has 4 rings (SSSR count). The Kier molecular flexibility index (Phi) is 4.22. The van der Waals surface area contributed by atoms with E-state index in [2.05, 4.69) is 62.1 Å². The van der Waals surface area contributed by atoms with E-state index in [-0.39, 0.29) is 0 Å². The predicted molar refractivity (Wildman–Crippen MR) is 103 cm³/mol. The minimum absolute atomic E-state index is 0.765. The number of aryl methyl sites for hydroxylation is 3. The molecule has 2 unspecified atom stereocenters. The Bertz CT molecular complexity index is 725. The fourth-order valence-corrected chi connectivity index (χ4v) is 4.94. The fourth-order valence-electron chi connectivity index (χ4n) is 4.94. The summed E-state index contributed by atoms with van der Waals surface area (Å²) in [6.07, 6.45) is 6.58. The summed E-state index contributed by atoms with van der Waals surface area (Å²) in [6, 6.07) is 15.4. The summed E-state index contributed by atoms with van der Waals surface area (Å²) in [5.41, 5.74) is 8.76. The van der Waals surface area contributed by atoms with Crippen molar-refractivity contribution in [3.63, 3.8) is 0 Å². The van der Waals surface area contributed by atoms with E-state index in [0.717, 1.165) is 12.1 Å². The zero-order valence-electron chi connectivity index (χ0n) is 15.3. The summed E-state index contributed by atoms with van der Waals surface area (Å²) in [6.45, 7) is 8.17. The molecule has 2 aliphatic rings. The Labute approximate surface area is 146 Å². The molecule has 126 valence electrons. The third kappa shape index (κ3) is 2.80. The second kappa shape index (κ2) is 6.37. The monoisotopic (exact) mass is 319 g/mol. The molecular formula is C23H29N. The Hall–Kier alpha value is -1.60. The summed E-state index contributed by atoms with van der Waals surface area (Å²) in [7, 11) is 0. The highest BCUT2D eigenvalue weighted by Crippen LogP contribution is 2.34. The van der Waals surface area contributed by atoms with Crippen molar-refractivity contribution in [3.8, 4) is 11.1 Å². The minimum Gasteiger partial charge on any atom is -0.297 e. The van der Waals surface area contributed by atoms with Gasteiger partial charge in [0.05, 0.1) is 0 Å². The van der Waals surface area contributed by atoms with E-state index in [1.165, 1.54) is 60.9 Å². The van der Waals surface area contributed by atoms with Crippen molar-refractivity contribution in [2.45, 2.75) is 65.0 Å². The number of rotatable bonds is 2. The topological polar surface area (TPSA) is 3.24 Å². The molecule has 2 atom stereocenters. The molecule has 0 aromatic heterocycles. The van der Waals surface area contributed by atoms with E-state index in [1.54, 1.807) is 11.1 Å². The van der Waals surface area contributed by atoms with E-state index in [9.17, 15) is 0 Å². The maximum absolute atomic E-state index is 2.77. The number of hydrogen-bond acceptors (Lipinski definition) is 1. The highest BCUT2D eigenvalue weighted by molar-refractivity contribution is 5.71. The van der Waals surface area contributed by atoms with Gasteiger partial charge in [-0.2, -0.15) is 0 Å². The zero-order valence-corrected chi connectivity index (χ0v) is 15.3. The number of hydrogen-bond donors (Lipinski definition) is 0. The molecule has 1 fully saturated rings. The van der Waals surface area contributed by atoms with E-state index < -0.39 is 0 Å². The van der Waals surface area contributed by atoms with Gasteiger partial charge in [0.15, 0.2) is 0 Å². The Morgan fingerprint density at radius 1 is 0.958 bits per heavy atom. The van der Waals surface area contributed by atoms with Crippen LogP contribution in [0, 0.1) is 13.8 Å². The first-order valence-corrected chi connectivity index (χ1v) is 9.57. The van der Waals surface area contributed by atoms with E-state index in [0.29, 0.717) is 0 Å². The lowest BCUT2D eigenvalue weighted by molar-refractivity contribution is 0.174. The minimum atomic E-state index is 0.765. The molecule has 1 saturated heterocycles. The number of fused-ring (bicyclic) bond motifs is 1. The molecule has 1 heteroatoms. The van der Waals surface area contributed by atoms with Crippen LogP contribution in [0.2, 0.25) is 0 Å². The predicted octanol–water partition coefficient (Wildman–Crippen LogP) is 5.31. The number of nitrogens with zero attached hydrogens (tertiary/aromatic N) is 1. The molecule has 2 aromatic carbocycles. The van der Waals surface area contributed by atoms with Crippen LogP contribution in [0.25, 0.3) is 11.1 Å². The van der Waals surface area contributed by atoms with E-state index >= 15 is 0 Å². The van der Waals surface area contributed by atoms with Crippen molar-refractivity contribution >= 4 is 0 Å². The molecule has 0 bridgehead atoms. The molecule has 1 aliphatic carbocycles. The smallest absolute Gasteiger partial charge is 0.0142 e. The largest absolute Gasteiger partial charge is 0.297 e. The maximum Gasteiger partial charge on any atom is 0.0142 e. The lowest BCUT2D eigenvalue weighted by atomic mass is 9.84. The number of likely N-dealkylation sites (tertiary alicyclic amines) is 1. The first-order valence-electron chi connectivity index (χ1n) is 9.57. The van der Waals surface area contributed by atoms with Crippen LogP contribution in [-0.4, -0.2) is 23.5 Å². The maximum atomic E-state index is 2.77. The Balaban J connectivity index is 1.62. The van der Waals surface area contributed by atoms with Gasteiger partial charge in [0, 0.05) is 12.1 Å². The summed E-state index contributed by atoms with van der Waals surface area (Å²) in [5, 5.41) is 0. The van der Waals surface area contributed by atoms with E-state index in [1.807, 2.05) is 0 Å². The van der Waals surface area contributed by atoms with Gasteiger partial charge < -0.3 is 0 Å². The average molecular weight is 319 g/mol. The highest BCUT2D eigenvalue weighted by atomic mass is 15.2. The second-order valence-corrected chi connectivity index (χ2v) is 7.88. The van der Waals surface area contributed by atoms with Gasteiger partial charge in [0.25, 0.3) is 0 Å². The molecule has 1 aliphatic heterocycles. The van der Waals surface area contributed by atoms with Crippen molar-refractivity contribution < 1.29 is 0 Å². The standard InChI is InChI=1S/C23H29N/c1-16-6-4-7-17(2)23(16)21-10-9-20-15-22(12-11-19(20)14-21)24-13-5-8-18(24)3/h4,6-7,9-10,14,18,22H,5,8,11-13,15H2,1-3H3. The van der Waals surface area contributed by atoms with Crippen molar-refractivity contribution in [1.29, 1.82) is 0 Å². The van der Waals surface area contributed by atoms with Crippen LogP contribution < -0.4 is 0 Å². The third-order valence-corrected chi connectivity index (χ3v) is 6.25. The van der Waals surface area contributed by atoms with Crippen molar-refractivity contribution in [2.75, 3.05) is 6.54 Å². The van der Waals surface area contributed by atoms with Crippen molar-refractivity contribution in [3.05, 3.63) is 58.7 Å². The van der Waals surface area contributed by atoms with Crippen LogP contribution in [0.4, 0.5) is 0 Å². The molecule has 0 saturated carbocycles. The quantitative estimate of drug-likeness (QED) is 0.725. The first kappa shape index (κ1) is 15.9. The average Bonchev–Trinajstić information content (AvgIpc) is 3.00. The van der Waals surface area contributed by atoms with Gasteiger partial charge in [-0.1, -0.05) is 36.4 Å². The molecular weight excluding hydrogens is 290 g/mol. The highest BCUT2D eigenvalue weighted by Gasteiger charge is 2.30. The van der Waals surface area contributed by atoms with Gasteiger partial charge in [-0.3, -0.25) is 4.90 Å². The van der Waals surface area contributed by atoms with Crippen LogP contribution in [0.15, 0.2) is 36.4 Å². The first-order chi connectivity index (χ1) is 11.6. The Morgan fingerprint density at radius 3 is 2.46 bits per heavy atom. The third-order valence-electron chi connectivity index (χ3n) is 6.25. The van der Waals surface area contributed by atoms with Gasteiger partial charge in [-0.25, -0.2) is 0 Å². The van der Waals surface area contributed by atoms with Crippen LogP contribution in [0.1, 0.15) is 48.4 Å². The molecule has 0 amide bonds. The summed E-state index contributed by atoms with van der Waals surface area (Å²) in [4.78, 5) is 2.77. The van der Waals surface area contributed by atoms with Gasteiger partial charge in [0.2, 0.25) is 0 Å².